The Balaban J connectivity index is 1.51. The molecule has 3 heterocycles. The summed E-state index contributed by atoms with van der Waals surface area (Å²) in [4.78, 5) is 13.8. The summed E-state index contributed by atoms with van der Waals surface area (Å²) in [7, 11) is 0. The van der Waals surface area contributed by atoms with Gasteiger partial charge in [0.05, 0.1) is 6.61 Å². The van der Waals surface area contributed by atoms with Crippen LogP contribution in [0.25, 0.3) is 22.0 Å². The van der Waals surface area contributed by atoms with Crippen molar-refractivity contribution in [3.05, 3.63) is 35.0 Å². The Kier molecular flexibility index (Phi) is 5.12. The van der Waals surface area contributed by atoms with E-state index in [0.717, 1.165) is 58.3 Å². The quantitative estimate of drug-likeness (QED) is 0.692. The van der Waals surface area contributed by atoms with E-state index in [4.69, 9.17) is 9.72 Å². The van der Waals surface area contributed by atoms with Gasteiger partial charge in [0.1, 0.15) is 22.1 Å². The molecule has 2 N–H and O–H groups in total. The van der Waals surface area contributed by atoms with Crippen LogP contribution in [0, 0.1) is 0 Å². The number of nitrogens with zero attached hydrogens (tertiary/aromatic N) is 3. The van der Waals surface area contributed by atoms with Crippen molar-refractivity contribution in [2.24, 2.45) is 4.99 Å². The fourth-order valence-electron chi connectivity index (χ4n) is 2.58. The second kappa shape index (κ2) is 7.84. The van der Waals surface area contributed by atoms with Gasteiger partial charge in [-0.2, -0.15) is 0 Å². The van der Waals surface area contributed by atoms with E-state index in [1.165, 1.54) is 0 Å². The number of ether oxygens (including phenoxy) is 1. The topological polar surface area (TPSA) is 71.4 Å². The lowest BCUT2D eigenvalue weighted by molar-refractivity contribution is 0.340. The van der Waals surface area contributed by atoms with Crippen LogP contribution < -0.4 is 15.4 Å². The van der Waals surface area contributed by atoms with Gasteiger partial charge in [-0.25, -0.2) is 9.97 Å². The molecule has 6 nitrogen and oxygen atoms in total. The lowest BCUT2D eigenvalue weighted by Crippen LogP contribution is -2.35. The van der Waals surface area contributed by atoms with Gasteiger partial charge in [0.25, 0.3) is 0 Å². The highest BCUT2D eigenvalue weighted by Gasteiger charge is 2.12. The van der Waals surface area contributed by atoms with Gasteiger partial charge in [-0.1, -0.05) is 12.1 Å². The van der Waals surface area contributed by atoms with Crippen LogP contribution in [0.2, 0.25) is 0 Å². The van der Waals surface area contributed by atoms with Crippen LogP contribution in [-0.2, 0) is 0 Å². The van der Waals surface area contributed by atoms with Crippen molar-refractivity contribution in [1.29, 1.82) is 0 Å². The van der Waals surface area contributed by atoms with Crippen LogP contribution in [-0.4, -0.2) is 35.6 Å². The monoisotopic (exact) mass is 385 g/mol. The van der Waals surface area contributed by atoms with Crippen molar-refractivity contribution >= 4 is 33.8 Å². The highest BCUT2D eigenvalue weighted by molar-refractivity contribution is 7.14. The molecule has 0 saturated carbocycles. The molecular weight excluding hydrogens is 366 g/mol. The number of nitrogens with one attached hydrogen (secondary N) is 2. The molecule has 26 heavy (non-hydrogen) atoms. The Labute approximate surface area is 160 Å². The first-order valence-electron chi connectivity index (χ1n) is 8.52. The maximum atomic E-state index is 5.58. The van der Waals surface area contributed by atoms with E-state index >= 15 is 0 Å². The first-order valence-corrected chi connectivity index (χ1v) is 10.3. The minimum Gasteiger partial charge on any atom is -0.494 e. The molecule has 0 radical (unpaired) electrons. The molecule has 0 spiro atoms. The number of aromatic nitrogens is 2. The fourth-order valence-corrected chi connectivity index (χ4v) is 4.09. The van der Waals surface area contributed by atoms with Crippen molar-refractivity contribution in [2.75, 3.05) is 25.0 Å². The summed E-state index contributed by atoms with van der Waals surface area (Å²) in [5.74, 6) is 1.66. The predicted octanol–water partition coefficient (Wildman–Crippen LogP) is 4.09. The highest BCUT2D eigenvalue weighted by atomic mass is 32.1. The first-order chi connectivity index (χ1) is 12.8. The third kappa shape index (κ3) is 3.86. The standard InChI is InChI=1S/C18H19N5OS2/c1-2-24-13-6-3-5-12(9-13)16-21-14(10-25-16)15-11-26-18(22-15)23-17-19-7-4-8-20-17/h3,5-6,9-11H,2,4,7-8H2,1H3,(H2,19,20,22,23). The number of benzene rings is 1. The SMILES string of the molecule is CCOc1cccc(-c2nc(-c3csc(NC4=NCCCN4)n3)cs2)c1. The van der Waals surface area contributed by atoms with Crippen molar-refractivity contribution in [1.82, 2.24) is 15.3 Å². The van der Waals surface area contributed by atoms with Crippen LogP contribution in [0.1, 0.15) is 13.3 Å². The summed E-state index contributed by atoms with van der Waals surface area (Å²) < 4.78 is 5.58. The number of guanidine groups is 1. The highest BCUT2D eigenvalue weighted by Crippen LogP contribution is 2.32. The molecule has 0 atom stereocenters. The molecule has 1 aromatic carbocycles. The summed E-state index contributed by atoms with van der Waals surface area (Å²) in [5, 5.41) is 12.3. The molecule has 1 aliphatic heterocycles. The normalized spacial score (nSPS) is 13.8. The second-order valence-electron chi connectivity index (χ2n) is 5.67. The molecule has 8 heteroatoms. The molecule has 0 bridgehead atoms. The van der Waals surface area contributed by atoms with Gasteiger partial charge in [-0.05, 0) is 25.5 Å². The van der Waals surface area contributed by atoms with Gasteiger partial charge >= 0.3 is 0 Å². The van der Waals surface area contributed by atoms with Crippen molar-refractivity contribution in [3.63, 3.8) is 0 Å². The summed E-state index contributed by atoms with van der Waals surface area (Å²) in [6.45, 7) is 4.43. The average molecular weight is 386 g/mol. The van der Waals surface area contributed by atoms with Gasteiger partial charge in [0, 0.05) is 29.4 Å². The molecule has 0 saturated heterocycles. The Morgan fingerprint density at radius 3 is 2.92 bits per heavy atom. The average Bonchev–Trinajstić information content (AvgIpc) is 3.33. The van der Waals surface area contributed by atoms with E-state index in [1.54, 1.807) is 22.7 Å². The lowest BCUT2D eigenvalue weighted by Gasteiger charge is -2.13. The third-order valence-electron chi connectivity index (χ3n) is 3.79. The number of hydrogen-bond acceptors (Lipinski definition) is 8. The van der Waals surface area contributed by atoms with E-state index in [-0.39, 0.29) is 0 Å². The van der Waals surface area contributed by atoms with Gasteiger partial charge in [-0.15, -0.1) is 22.7 Å². The number of hydrogen-bond donors (Lipinski definition) is 2. The fraction of sp³-hybridized carbons (Fsp3) is 0.278. The van der Waals surface area contributed by atoms with E-state index in [9.17, 15) is 0 Å². The number of aliphatic imine (C=N–C) groups is 1. The number of thiazole rings is 2. The Morgan fingerprint density at radius 2 is 2.08 bits per heavy atom. The summed E-state index contributed by atoms with van der Waals surface area (Å²) >= 11 is 3.16. The molecule has 3 aromatic rings. The molecule has 1 aliphatic rings. The molecule has 4 rings (SSSR count). The van der Waals surface area contributed by atoms with Crippen molar-refractivity contribution in [3.8, 4) is 27.7 Å². The van der Waals surface area contributed by atoms with E-state index in [2.05, 4.69) is 20.6 Å². The zero-order chi connectivity index (χ0) is 17.8. The molecule has 0 fully saturated rings. The molecule has 0 unspecified atom stereocenters. The van der Waals surface area contributed by atoms with Gasteiger partial charge in [-0.3, -0.25) is 4.99 Å². The number of rotatable bonds is 5. The largest absolute Gasteiger partial charge is 0.494 e. The summed E-state index contributed by atoms with van der Waals surface area (Å²) in [6, 6.07) is 8.02. The Morgan fingerprint density at radius 1 is 1.19 bits per heavy atom. The Bertz CT molecular complexity index is 918. The molecule has 2 aromatic heterocycles. The molecule has 0 amide bonds. The Hall–Kier alpha value is -2.45. The van der Waals surface area contributed by atoms with Gasteiger partial charge < -0.3 is 15.4 Å². The van der Waals surface area contributed by atoms with E-state index < -0.39 is 0 Å². The molecular formula is C18H19N5OS2. The molecule has 0 aliphatic carbocycles. The van der Waals surface area contributed by atoms with E-state index in [0.29, 0.717) is 6.61 Å². The minimum atomic E-state index is 0.654. The van der Waals surface area contributed by atoms with Crippen molar-refractivity contribution < 1.29 is 4.74 Å². The molecule has 134 valence electrons. The van der Waals surface area contributed by atoms with Gasteiger partial charge in [0.15, 0.2) is 11.1 Å². The second-order valence-corrected chi connectivity index (χ2v) is 7.39. The smallest absolute Gasteiger partial charge is 0.197 e. The summed E-state index contributed by atoms with van der Waals surface area (Å²) in [6.07, 6.45) is 1.07. The van der Waals surface area contributed by atoms with Crippen LogP contribution in [0.4, 0.5) is 5.13 Å². The number of anilines is 1. The lowest BCUT2D eigenvalue weighted by atomic mass is 10.2. The maximum Gasteiger partial charge on any atom is 0.197 e. The van der Waals surface area contributed by atoms with Crippen LogP contribution in [0.15, 0.2) is 40.0 Å². The summed E-state index contributed by atoms with van der Waals surface area (Å²) in [5.41, 5.74) is 2.81. The van der Waals surface area contributed by atoms with Gasteiger partial charge in [0.2, 0.25) is 0 Å². The first kappa shape index (κ1) is 17.0. The zero-order valence-corrected chi connectivity index (χ0v) is 16.0. The van der Waals surface area contributed by atoms with E-state index in [1.807, 2.05) is 41.9 Å². The van der Waals surface area contributed by atoms with Crippen LogP contribution in [0.3, 0.4) is 0 Å². The van der Waals surface area contributed by atoms with Crippen LogP contribution in [0.5, 0.6) is 5.75 Å². The zero-order valence-electron chi connectivity index (χ0n) is 14.4. The predicted molar refractivity (Wildman–Crippen MR) is 108 cm³/mol. The van der Waals surface area contributed by atoms with Crippen molar-refractivity contribution in [2.45, 2.75) is 13.3 Å². The maximum absolute atomic E-state index is 5.58. The third-order valence-corrected chi connectivity index (χ3v) is 5.43. The van der Waals surface area contributed by atoms with Crippen LogP contribution >= 0.6 is 22.7 Å². The minimum absolute atomic E-state index is 0.654.